The Morgan fingerprint density at radius 1 is 0.966 bits per heavy atom. The molecule has 1 saturated carbocycles. The SMILES string of the molecule is CC1(C)C(NC(=O)c2ccc(N3CC4CN(C(=O)CNc5ccc6nnn(C7CCC(=O)NC7=O)c(=O)c6c5)CC4C3)cc2)C(C)(C)C1Oc1ccc(C#N)c(Cl)c1. The molecule has 4 fully saturated rings. The van der Waals surface area contributed by atoms with Crippen LogP contribution in [0.2, 0.25) is 5.02 Å². The number of benzene rings is 3. The van der Waals surface area contributed by atoms with Crippen molar-refractivity contribution >= 4 is 57.5 Å². The molecule has 0 radical (unpaired) electrons. The molecule has 3 saturated heterocycles. The Morgan fingerprint density at radius 2 is 1.67 bits per heavy atom. The molecule has 58 heavy (non-hydrogen) atoms. The number of likely N-dealkylation sites (tertiary alicyclic amines) is 1. The molecule has 3 atom stereocenters. The van der Waals surface area contributed by atoms with Gasteiger partial charge < -0.3 is 25.2 Å². The molecule has 0 spiro atoms. The molecule has 1 aromatic heterocycles. The molecule has 3 N–H and O–H groups in total. The van der Waals surface area contributed by atoms with Crippen molar-refractivity contribution in [3.8, 4) is 11.8 Å². The fraction of sp³-hybridized carbons (Fsp3) is 0.429. The molecule has 0 bridgehead atoms. The lowest BCUT2D eigenvalue weighted by molar-refractivity contribution is -0.164. The van der Waals surface area contributed by atoms with E-state index in [1.807, 2.05) is 29.2 Å². The fourth-order valence-electron chi connectivity index (χ4n) is 9.62. The molecule has 4 aromatic rings. The van der Waals surface area contributed by atoms with Crippen LogP contribution in [0.3, 0.4) is 0 Å². The van der Waals surface area contributed by atoms with Crippen molar-refractivity contribution in [3.63, 3.8) is 0 Å². The molecule has 8 rings (SSSR count). The first-order valence-corrected chi connectivity index (χ1v) is 19.8. The van der Waals surface area contributed by atoms with Crippen LogP contribution in [0.4, 0.5) is 11.4 Å². The first kappa shape index (κ1) is 38.8. The fourth-order valence-corrected chi connectivity index (χ4v) is 9.83. The van der Waals surface area contributed by atoms with Crippen LogP contribution >= 0.6 is 11.6 Å². The van der Waals surface area contributed by atoms with E-state index in [1.54, 1.807) is 36.4 Å². The number of piperidine rings is 1. The first-order chi connectivity index (χ1) is 27.6. The van der Waals surface area contributed by atoms with Crippen molar-refractivity contribution in [1.29, 1.82) is 5.26 Å². The molecule has 3 aliphatic heterocycles. The number of carbonyl (C=O) groups excluding carboxylic acids is 4. The number of hydrogen-bond donors (Lipinski definition) is 3. The summed E-state index contributed by atoms with van der Waals surface area (Å²) in [4.78, 5) is 68.2. The number of nitriles is 1. The number of nitrogens with one attached hydrogen (secondary N) is 3. The second-order valence-corrected chi connectivity index (χ2v) is 17.4. The van der Waals surface area contributed by atoms with Crippen LogP contribution < -0.4 is 31.1 Å². The smallest absolute Gasteiger partial charge is 0.278 e. The molecule has 15 nitrogen and oxygen atoms in total. The number of ether oxygens (including phenoxy) is 1. The zero-order valence-electron chi connectivity index (χ0n) is 32.6. The van der Waals surface area contributed by atoms with E-state index < -0.39 is 17.5 Å². The standard InChI is InChI=1S/C42H44ClN9O6/c1-41(2)39(42(3,4)40(41)58-29-11-7-24(17-44)31(43)16-29)47-36(55)23-5-9-28(10-6-23)50-19-25-21-51(22-26(25)20-50)35(54)18-45-27-8-12-32-30(15-27)38(57)52(49-48-32)33-13-14-34(53)46-37(33)56/h5-12,15-16,25-26,33,39-40,45H,13-14,18-22H2,1-4H3,(H,47,55)(H,46,53,56). The summed E-state index contributed by atoms with van der Waals surface area (Å²) in [7, 11) is 0. The van der Waals surface area contributed by atoms with Gasteiger partial charge >= 0.3 is 0 Å². The van der Waals surface area contributed by atoms with Gasteiger partial charge in [-0.2, -0.15) is 9.94 Å². The van der Waals surface area contributed by atoms with E-state index in [4.69, 9.17) is 16.3 Å². The van der Waals surface area contributed by atoms with Gasteiger partial charge in [0, 0.05) is 84.3 Å². The maximum atomic E-state index is 13.5. The number of nitrogens with zero attached hydrogens (tertiary/aromatic N) is 6. The van der Waals surface area contributed by atoms with Gasteiger partial charge in [-0.3, -0.25) is 29.3 Å². The number of rotatable bonds is 9. The van der Waals surface area contributed by atoms with Gasteiger partial charge in [0.25, 0.3) is 17.4 Å². The number of anilines is 2. The normalized spacial score (nSPS) is 24.4. The van der Waals surface area contributed by atoms with E-state index in [9.17, 15) is 29.2 Å². The number of imide groups is 1. The average Bonchev–Trinajstić information content (AvgIpc) is 3.79. The Hall–Kier alpha value is -6.01. The molecular formula is C42H44ClN9O6. The number of amides is 4. The third-order valence-electron chi connectivity index (χ3n) is 12.4. The van der Waals surface area contributed by atoms with E-state index in [1.165, 1.54) is 0 Å². The zero-order chi connectivity index (χ0) is 41.1. The summed E-state index contributed by atoms with van der Waals surface area (Å²) in [6, 6.07) is 18.7. The molecule has 3 aromatic carbocycles. The Bertz CT molecular complexity index is 2410. The monoisotopic (exact) mass is 805 g/mol. The van der Waals surface area contributed by atoms with E-state index in [0.29, 0.717) is 58.0 Å². The Labute approximate surface area is 339 Å². The number of fused-ring (bicyclic) bond motifs is 2. The molecule has 4 aliphatic rings. The third-order valence-corrected chi connectivity index (χ3v) is 12.7. The maximum Gasteiger partial charge on any atom is 0.278 e. The van der Waals surface area contributed by atoms with Crippen LogP contribution in [0.1, 0.15) is 62.5 Å². The second kappa shape index (κ2) is 14.7. The van der Waals surface area contributed by atoms with Gasteiger partial charge in [0.15, 0.2) is 0 Å². The minimum absolute atomic E-state index is 0.0421. The number of hydrogen-bond acceptors (Lipinski definition) is 11. The second-order valence-electron chi connectivity index (χ2n) is 17.0. The lowest BCUT2D eigenvalue weighted by Gasteiger charge is -2.63. The quantitative estimate of drug-likeness (QED) is 0.208. The highest BCUT2D eigenvalue weighted by Crippen LogP contribution is 2.55. The zero-order valence-corrected chi connectivity index (χ0v) is 33.4. The minimum Gasteiger partial charge on any atom is -0.489 e. The average molecular weight is 806 g/mol. The van der Waals surface area contributed by atoms with Gasteiger partial charge in [0.2, 0.25) is 11.8 Å². The molecule has 16 heteroatoms. The molecule has 4 amide bonds. The van der Waals surface area contributed by atoms with Gasteiger partial charge in [-0.25, -0.2) is 0 Å². The third kappa shape index (κ3) is 6.99. The van der Waals surface area contributed by atoms with Gasteiger partial charge in [-0.15, -0.1) is 5.10 Å². The van der Waals surface area contributed by atoms with Crippen LogP contribution in [0.15, 0.2) is 65.5 Å². The van der Waals surface area contributed by atoms with E-state index >= 15 is 0 Å². The number of carbonyl (C=O) groups is 4. The highest BCUT2D eigenvalue weighted by molar-refractivity contribution is 6.31. The summed E-state index contributed by atoms with van der Waals surface area (Å²) < 4.78 is 7.38. The summed E-state index contributed by atoms with van der Waals surface area (Å²) in [6.45, 7) is 11.2. The summed E-state index contributed by atoms with van der Waals surface area (Å²) >= 11 is 6.24. The largest absolute Gasteiger partial charge is 0.489 e. The van der Waals surface area contributed by atoms with Crippen molar-refractivity contribution in [2.45, 2.75) is 58.7 Å². The van der Waals surface area contributed by atoms with Crippen LogP contribution in [-0.4, -0.2) is 88.4 Å². The lowest BCUT2D eigenvalue weighted by Crippen LogP contribution is -2.74. The molecular weight excluding hydrogens is 762 g/mol. The lowest BCUT2D eigenvalue weighted by atomic mass is 9.49. The first-order valence-electron chi connectivity index (χ1n) is 19.4. The summed E-state index contributed by atoms with van der Waals surface area (Å²) in [6.07, 6.45) is 0.0635. The molecule has 1 aliphatic carbocycles. The molecule has 4 heterocycles. The highest BCUT2D eigenvalue weighted by Gasteiger charge is 2.64. The predicted molar refractivity (Wildman–Crippen MR) is 215 cm³/mol. The van der Waals surface area contributed by atoms with Gasteiger partial charge in [-0.1, -0.05) is 44.5 Å². The minimum atomic E-state index is -0.922. The van der Waals surface area contributed by atoms with Crippen LogP contribution in [0.5, 0.6) is 5.75 Å². The van der Waals surface area contributed by atoms with E-state index in [2.05, 4.69) is 64.9 Å². The van der Waals surface area contributed by atoms with E-state index in [0.717, 1.165) is 23.5 Å². The molecule has 300 valence electrons. The van der Waals surface area contributed by atoms with Crippen molar-refractivity contribution in [1.82, 2.24) is 30.5 Å². The Kier molecular flexibility index (Phi) is 9.87. The van der Waals surface area contributed by atoms with E-state index in [-0.39, 0.29) is 65.5 Å². The topological polar surface area (TPSA) is 192 Å². The number of halogens is 1. The van der Waals surface area contributed by atoms with Crippen LogP contribution in [0.25, 0.3) is 10.9 Å². The number of aromatic nitrogens is 3. The van der Waals surface area contributed by atoms with Crippen molar-refractivity contribution in [2.75, 3.05) is 42.9 Å². The van der Waals surface area contributed by atoms with Gasteiger partial charge in [-0.05, 0) is 61.0 Å². The van der Waals surface area contributed by atoms with Crippen LogP contribution in [-0.2, 0) is 14.4 Å². The Balaban J connectivity index is 0.827. The van der Waals surface area contributed by atoms with Crippen molar-refractivity contribution < 1.29 is 23.9 Å². The maximum absolute atomic E-state index is 13.5. The van der Waals surface area contributed by atoms with Crippen LogP contribution in [0, 0.1) is 34.0 Å². The van der Waals surface area contributed by atoms with Crippen molar-refractivity contribution in [2.24, 2.45) is 22.7 Å². The highest BCUT2D eigenvalue weighted by atomic mass is 35.5. The van der Waals surface area contributed by atoms with Crippen molar-refractivity contribution in [3.05, 3.63) is 87.2 Å². The Morgan fingerprint density at radius 3 is 2.33 bits per heavy atom. The summed E-state index contributed by atoms with van der Waals surface area (Å²) in [5.41, 5.74) is 1.65. The van der Waals surface area contributed by atoms with Gasteiger partial charge in [0.1, 0.15) is 29.5 Å². The summed E-state index contributed by atoms with van der Waals surface area (Å²) in [5, 5.41) is 26.5. The van der Waals surface area contributed by atoms with Gasteiger partial charge in [0.05, 0.1) is 22.5 Å². The predicted octanol–water partition coefficient (Wildman–Crippen LogP) is 3.91. The summed E-state index contributed by atoms with van der Waals surface area (Å²) in [5.74, 6) is 0.0426. The molecule has 3 unspecified atom stereocenters.